The van der Waals surface area contributed by atoms with Gasteiger partial charge in [-0.2, -0.15) is 0 Å². The molecule has 182 valence electrons. The van der Waals surface area contributed by atoms with Crippen LogP contribution < -0.4 is 14.4 Å². The van der Waals surface area contributed by atoms with Crippen molar-refractivity contribution in [2.75, 3.05) is 51.8 Å². The lowest BCUT2D eigenvalue weighted by atomic mass is 9.82. The molecule has 5 rings (SSSR count). The minimum Gasteiger partial charge on any atom is -0.507 e. The van der Waals surface area contributed by atoms with E-state index in [2.05, 4.69) is 0 Å². The van der Waals surface area contributed by atoms with Crippen LogP contribution in [0.2, 0.25) is 0 Å². The minimum atomic E-state index is -1.76. The van der Waals surface area contributed by atoms with Crippen LogP contribution in [0, 0.1) is 0 Å². The van der Waals surface area contributed by atoms with E-state index in [1.807, 2.05) is 25.9 Å². The Balaban J connectivity index is 1.78. The molecule has 1 saturated heterocycles. The molecule has 0 radical (unpaired) electrons. The molecule has 1 fully saturated rings. The normalized spacial score (nSPS) is 22.5. The van der Waals surface area contributed by atoms with Gasteiger partial charge in [0, 0.05) is 30.8 Å². The maximum absolute atomic E-state index is 14.1. The number of likely N-dealkylation sites (tertiary alicyclic amines) is 1. The van der Waals surface area contributed by atoms with E-state index in [0.717, 1.165) is 0 Å². The van der Waals surface area contributed by atoms with Gasteiger partial charge < -0.3 is 29.3 Å². The second-order valence-corrected chi connectivity index (χ2v) is 8.95. The Hall–Kier alpha value is -3.85. The predicted molar refractivity (Wildman–Crippen MR) is 128 cm³/mol. The fourth-order valence-electron chi connectivity index (χ4n) is 5.12. The molecule has 35 heavy (non-hydrogen) atoms. The zero-order valence-corrected chi connectivity index (χ0v) is 19.9. The second kappa shape index (κ2) is 8.42. The van der Waals surface area contributed by atoms with Gasteiger partial charge in [-0.05, 0) is 45.3 Å². The topological polar surface area (TPSA) is 99.6 Å². The van der Waals surface area contributed by atoms with E-state index in [-0.39, 0.29) is 17.7 Å². The van der Waals surface area contributed by atoms with E-state index >= 15 is 0 Å². The number of benzene rings is 2. The van der Waals surface area contributed by atoms with Gasteiger partial charge in [0.2, 0.25) is 0 Å². The maximum Gasteiger partial charge on any atom is 0.296 e. The van der Waals surface area contributed by atoms with E-state index in [4.69, 9.17) is 9.47 Å². The Labute approximate surface area is 203 Å². The SMILES string of the molecule is CCN1C(=O)C2(/C(=C(/O)c3ccc4c(c3)OCCO4)C(=O)C(=O)N2CCN(C)C)c2ccccc21. The number of Topliss-reactive ketones (excluding diaryl/α,β-unsaturated/α-hetero) is 1. The van der Waals surface area contributed by atoms with Gasteiger partial charge in [-0.15, -0.1) is 0 Å². The Kier molecular flexibility index (Phi) is 5.52. The molecule has 3 aliphatic rings. The summed E-state index contributed by atoms with van der Waals surface area (Å²) in [6, 6.07) is 11.9. The van der Waals surface area contributed by atoms with Crippen molar-refractivity contribution in [3.8, 4) is 11.5 Å². The van der Waals surface area contributed by atoms with Gasteiger partial charge in [-0.1, -0.05) is 18.2 Å². The molecule has 1 spiro atoms. The summed E-state index contributed by atoms with van der Waals surface area (Å²) in [5.41, 5.74) is -0.603. The van der Waals surface area contributed by atoms with Crippen molar-refractivity contribution in [2.45, 2.75) is 12.5 Å². The van der Waals surface area contributed by atoms with Crippen LogP contribution in [-0.2, 0) is 19.9 Å². The number of rotatable bonds is 5. The van der Waals surface area contributed by atoms with Crippen LogP contribution in [0.1, 0.15) is 18.1 Å². The third-order valence-electron chi connectivity index (χ3n) is 6.71. The molecule has 0 aliphatic carbocycles. The lowest BCUT2D eigenvalue weighted by Crippen LogP contribution is -2.53. The van der Waals surface area contributed by atoms with Gasteiger partial charge in [-0.25, -0.2) is 0 Å². The van der Waals surface area contributed by atoms with Gasteiger partial charge >= 0.3 is 0 Å². The lowest BCUT2D eigenvalue weighted by molar-refractivity contribution is -0.143. The van der Waals surface area contributed by atoms with Crippen LogP contribution in [0.15, 0.2) is 48.0 Å². The largest absolute Gasteiger partial charge is 0.507 e. The Morgan fingerprint density at radius 2 is 1.77 bits per heavy atom. The summed E-state index contributed by atoms with van der Waals surface area (Å²) in [6.45, 7) is 3.51. The summed E-state index contributed by atoms with van der Waals surface area (Å²) >= 11 is 0. The molecule has 0 aromatic heterocycles. The van der Waals surface area contributed by atoms with E-state index in [1.54, 1.807) is 47.4 Å². The number of hydrogen-bond donors (Lipinski definition) is 1. The van der Waals surface area contributed by atoms with Crippen molar-refractivity contribution in [2.24, 2.45) is 0 Å². The van der Waals surface area contributed by atoms with E-state index in [9.17, 15) is 19.5 Å². The van der Waals surface area contributed by atoms with Crippen LogP contribution in [0.5, 0.6) is 11.5 Å². The maximum atomic E-state index is 14.1. The first-order valence-electron chi connectivity index (χ1n) is 11.6. The van der Waals surface area contributed by atoms with E-state index < -0.39 is 28.9 Å². The van der Waals surface area contributed by atoms with Gasteiger partial charge in [-0.3, -0.25) is 14.4 Å². The number of ether oxygens (including phenoxy) is 2. The number of aliphatic hydroxyl groups is 1. The Bertz CT molecular complexity index is 1270. The van der Waals surface area contributed by atoms with Crippen LogP contribution >= 0.6 is 0 Å². The molecule has 9 heteroatoms. The van der Waals surface area contributed by atoms with Crippen molar-refractivity contribution in [1.29, 1.82) is 0 Å². The monoisotopic (exact) mass is 477 g/mol. The number of para-hydroxylation sites is 1. The molecule has 1 N–H and O–H groups in total. The number of carbonyl (C=O) groups is 3. The van der Waals surface area contributed by atoms with Gasteiger partial charge in [0.1, 0.15) is 19.0 Å². The van der Waals surface area contributed by atoms with E-state index in [0.29, 0.717) is 49.1 Å². The molecule has 2 aromatic carbocycles. The number of anilines is 1. The van der Waals surface area contributed by atoms with Crippen molar-refractivity contribution in [1.82, 2.24) is 9.80 Å². The molecular weight excluding hydrogens is 450 g/mol. The second-order valence-electron chi connectivity index (χ2n) is 8.95. The van der Waals surface area contributed by atoms with E-state index in [1.165, 1.54) is 4.90 Å². The van der Waals surface area contributed by atoms with Crippen LogP contribution in [-0.4, -0.2) is 79.4 Å². The molecular formula is C26H27N3O6. The summed E-state index contributed by atoms with van der Waals surface area (Å²) in [7, 11) is 3.70. The number of fused-ring (bicyclic) bond motifs is 3. The average Bonchev–Trinajstić information content (AvgIpc) is 3.24. The fraction of sp³-hybridized carbons (Fsp3) is 0.346. The van der Waals surface area contributed by atoms with Crippen molar-refractivity contribution < 1.29 is 29.0 Å². The van der Waals surface area contributed by atoms with Gasteiger partial charge in [0.05, 0.1) is 11.3 Å². The summed E-state index contributed by atoms with van der Waals surface area (Å²) in [4.78, 5) is 45.8. The lowest BCUT2D eigenvalue weighted by Gasteiger charge is -2.35. The number of nitrogens with zero attached hydrogens (tertiary/aromatic N) is 3. The molecule has 1 unspecified atom stereocenters. The number of carbonyl (C=O) groups excluding carboxylic acids is 3. The molecule has 0 saturated carbocycles. The summed E-state index contributed by atoms with van der Waals surface area (Å²) in [5.74, 6) is -1.62. The minimum absolute atomic E-state index is 0.132. The number of hydrogen-bond acceptors (Lipinski definition) is 7. The molecule has 9 nitrogen and oxygen atoms in total. The van der Waals surface area contributed by atoms with Crippen molar-refractivity contribution >= 4 is 29.0 Å². The first-order chi connectivity index (χ1) is 16.8. The quantitative estimate of drug-likeness (QED) is 0.399. The Morgan fingerprint density at radius 1 is 1.06 bits per heavy atom. The highest BCUT2D eigenvalue weighted by atomic mass is 16.6. The van der Waals surface area contributed by atoms with Crippen LogP contribution in [0.25, 0.3) is 5.76 Å². The highest BCUT2D eigenvalue weighted by Gasteiger charge is 2.66. The fourth-order valence-corrected chi connectivity index (χ4v) is 5.12. The molecule has 1 atom stereocenters. The van der Waals surface area contributed by atoms with Crippen molar-refractivity contribution in [3.05, 3.63) is 59.2 Å². The molecule has 2 aromatic rings. The highest BCUT2D eigenvalue weighted by molar-refractivity contribution is 6.50. The third-order valence-corrected chi connectivity index (χ3v) is 6.71. The summed E-state index contributed by atoms with van der Waals surface area (Å²) in [5, 5.41) is 11.5. The molecule has 2 amide bonds. The molecule has 3 heterocycles. The van der Waals surface area contributed by atoms with Gasteiger partial charge in [0.25, 0.3) is 17.6 Å². The number of aliphatic hydroxyl groups excluding tert-OH is 1. The first kappa shape index (κ1) is 22.9. The van der Waals surface area contributed by atoms with Gasteiger partial charge in [0.15, 0.2) is 17.0 Å². The van der Waals surface area contributed by atoms with Crippen LogP contribution in [0.3, 0.4) is 0 Å². The number of likely N-dealkylation sites (N-methyl/N-ethyl adjacent to an activating group) is 2. The Morgan fingerprint density at radius 3 is 2.49 bits per heavy atom. The average molecular weight is 478 g/mol. The summed E-state index contributed by atoms with van der Waals surface area (Å²) < 4.78 is 11.2. The first-order valence-corrected chi connectivity index (χ1v) is 11.6. The number of ketones is 1. The standard InChI is InChI=1S/C26H27N3O6/c1-4-28-18-8-6-5-7-17(18)26(25(28)33)21(23(31)24(32)29(26)12-11-27(2)3)22(30)16-9-10-19-20(15-16)35-14-13-34-19/h5-10,15,30H,4,11-14H2,1-3H3/b22-21+. The highest BCUT2D eigenvalue weighted by Crippen LogP contribution is 2.53. The third kappa shape index (κ3) is 3.22. The number of amides is 2. The van der Waals surface area contributed by atoms with Crippen LogP contribution in [0.4, 0.5) is 5.69 Å². The summed E-state index contributed by atoms with van der Waals surface area (Å²) in [6.07, 6.45) is 0. The molecule has 0 bridgehead atoms. The zero-order valence-electron chi connectivity index (χ0n) is 19.9. The predicted octanol–water partition coefficient (Wildman–Crippen LogP) is 1.96. The molecule has 3 aliphatic heterocycles. The van der Waals surface area contributed by atoms with Crippen molar-refractivity contribution in [3.63, 3.8) is 0 Å². The zero-order chi connectivity index (χ0) is 24.9. The smallest absolute Gasteiger partial charge is 0.296 e.